The fourth-order valence-electron chi connectivity index (χ4n) is 2.32. The first-order chi connectivity index (χ1) is 13.3. The summed E-state index contributed by atoms with van der Waals surface area (Å²) in [4.78, 5) is 12.0. The Morgan fingerprint density at radius 2 is 1.79 bits per heavy atom. The highest BCUT2D eigenvalue weighted by Crippen LogP contribution is 2.15. The van der Waals surface area contributed by atoms with Gasteiger partial charge >= 0.3 is 5.97 Å². The van der Waals surface area contributed by atoms with Crippen molar-refractivity contribution in [3.8, 4) is 5.75 Å². The van der Waals surface area contributed by atoms with Crippen LogP contribution in [0.2, 0.25) is 0 Å². The van der Waals surface area contributed by atoms with E-state index in [-0.39, 0.29) is 36.0 Å². The summed E-state index contributed by atoms with van der Waals surface area (Å²) in [6.45, 7) is 1.82. The fourth-order valence-corrected chi connectivity index (χ4v) is 3.55. The number of carbonyl (C=O) groups excluding carboxylic acids is 1. The van der Waals surface area contributed by atoms with Crippen molar-refractivity contribution >= 4 is 16.0 Å². The lowest BCUT2D eigenvalue weighted by atomic mass is 10.2. The standard InChI is InChI=1S/C19H22FNO6S/c1-14(13-25-2)21-28(23,24)16-9-7-15(8-10-16)19(22)27-12-11-26-18-6-4-3-5-17(18)20/h3-10,14,21H,11-13H2,1-2H3/t14-/m0/s1. The molecule has 0 saturated heterocycles. The molecule has 152 valence electrons. The highest BCUT2D eigenvalue weighted by atomic mass is 32.2. The molecule has 0 saturated carbocycles. The number of para-hydroxylation sites is 1. The summed E-state index contributed by atoms with van der Waals surface area (Å²) in [5.41, 5.74) is 0.190. The van der Waals surface area contributed by atoms with Crippen LogP contribution in [-0.4, -0.2) is 47.4 Å². The molecule has 0 heterocycles. The molecule has 7 nitrogen and oxygen atoms in total. The fraction of sp³-hybridized carbons (Fsp3) is 0.316. The molecule has 0 amide bonds. The smallest absolute Gasteiger partial charge is 0.338 e. The van der Waals surface area contributed by atoms with Crippen LogP contribution in [0.5, 0.6) is 5.75 Å². The van der Waals surface area contributed by atoms with Crippen molar-refractivity contribution in [3.05, 3.63) is 59.9 Å². The van der Waals surface area contributed by atoms with Crippen LogP contribution in [0, 0.1) is 5.82 Å². The molecule has 0 aliphatic carbocycles. The lowest BCUT2D eigenvalue weighted by Gasteiger charge is -2.13. The first-order valence-electron chi connectivity index (χ1n) is 8.49. The Hall–Kier alpha value is -2.49. The van der Waals surface area contributed by atoms with Crippen LogP contribution in [0.1, 0.15) is 17.3 Å². The van der Waals surface area contributed by atoms with Crippen LogP contribution in [0.3, 0.4) is 0 Å². The Kier molecular flexibility index (Phi) is 7.91. The molecule has 2 rings (SSSR count). The van der Waals surface area contributed by atoms with Crippen LogP contribution in [0.25, 0.3) is 0 Å². The second kappa shape index (κ2) is 10.2. The van der Waals surface area contributed by atoms with Gasteiger partial charge in [-0.15, -0.1) is 0 Å². The van der Waals surface area contributed by atoms with Gasteiger partial charge in [-0.3, -0.25) is 0 Å². The molecular weight excluding hydrogens is 389 g/mol. The lowest BCUT2D eigenvalue weighted by molar-refractivity contribution is 0.0448. The number of sulfonamides is 1. The molecule has 0 aliphatic rings. The number of methoxy groups -OCH3 is 1. The van der Waals surface area contributed by atoms with E-state index in [0.29, 0.717) is 0 Å². The van der Waals surface area contributed by atoms with Crippen molar-refractivity contribution in [3.63, 3.8) is 0 Å². The summed E-state index contributed by atoms with van der Waals surface area (Å²) < 4.78 is 55.5. The van der Waals surface area contributed by atoms with Crippen LogP contribution in [0.15, 0.2) is 53.4 Å². The van der Waals surface area contributed by atoms with Gasteiger partial charge in [0.2, 0.25) is 10.0 Å². The molecule has 0 aliphatic heterocycles. The number of nitrogens with one attached hydrogen (secondary N) is 1. The molecular formula is C19H22FNO6S. The molecule has 2 aromatic carbocycles. The van der Waals surface area contributed by atoms with Gasteiger partial charge in [0.15, 0.2) is 11.6 Å². The third-order valence-corrected chi connectivity index (χ3v) is 5.19. The third-order valence-electron chi connectivity index (χ3n) is 3.58. The molecule has 1 atom stereocenters. The molecule has 0 aromatic heterocycles. The van der Waals surface area contributed by atoms with Gasteiger partial charge in [-0.05, 0) is 43.3 Å². The Bertz CT molecular complexity index is 886. The van der Waals surface area contributed by atoms with Gasteiger partial charge in [-0.25, -0.2) is 22.3 Å². The Morgan fingerprint density at radius 1 is 1.11 bits per heavy atom. The summed E-state index contributed by atoms with van der Waals surface area (Å²) in [5.74, 6) is -1.07. The van der Waals surface area contributed by atoms with Gasteiger partial charge in [-0.1, -0.05) is 12.1 Å². The summed E-state index contributed by atoms with van der Waals surface area (Å²) in [6, 6.07) is 10.9. The van der Waals surface area contributed by atoms with Crippen molar-refractivity contribution < 1.29 is 31.8 Å². The number of hydrogen-bond acceptors (Lipinski definition) is 6. The molecule has 0 spiro atoms. The number of hydrogen-bond donors (Lipinski definition) is 1. The predicted octanol–water partition coefficient (Wildman–Crippen LogP) is 2.37. The van der Waals surface area contributed by atoms with Gasteiger partial charge < -0.3 is 14.2 Å². The Balaban J connectivity index is 1.86. The van der Waals surface area contributed by atoms with Crippen molar-refractivity contribution in [1.82, 2.24) is 4.72 Å². The summed E-state index contributed by atoms with van der Waals surface area (Å²) in [6.07, 6.45) is 0. The maximum absolute atomic E-state index is 13.4. The average Bonchev–Trinajstić information content (AvgIpc) is 2.66. The van der Waals surface area contributed by atoms with E-state index < -0.39 is 27.9 Å². The van der Waals surface area contributed by atoms with Crippen LogP contribution >= 0.6 is 0 Å². The van der Waals surface area contributed by atoms with E-state index in [4.69, 9.17) is 14.2 Å². The number of ether oxygens (including phenoxy) is 3. The lowest BCUT2D eigenvalue weighted by Crippen LogP contribution is -2.35. The molecule has 0 fully saturated rings. The number of halogens is 1. The summed E-state index contributed by atoms with van der Waals surface area (Å²) in [7, 11) is -2.24. The first-order valence-corrected chi connectivity index (χ1v) is 9.97. The highest BCUT2D eigenvalue weighted by Gasteiger charge is 2.18. The van der Waals surface area contributed by atoms with Crippen molar-refractivity contribution in [2.75, 3.05) is 26.9 Å². The van der Waals surface area contributed by atoms with Crippen molar-refractivity contribution in [2.45, 2.75) is 17.9 Å². The van der Waals surface area contributed by atoms with Crippen LogP contribution in [-0.2, 0) is 19.5 Å². The maximum atomic E-state index is 13.4. The van der Waals surface area contributed by atoms with Gasteiger partial charge in [0.25, 0.3) is 0 Å². The summed E-state index contributed by atoms with van der Waals surface area (Å²) >= 11 is 0. The molecule has 0 bridgehead atoms. The van der Waals surface area contributed by atoms with E-state index in [1.165, 1.54) is 43.5 Å². The summed E-state index contributed by atoms with van der Waals surface area (Å²) in [5, 5.41) is 0. The van der Waals surface area contributed by atoms with E-state index in [2.05, 4.69) is 4.72 Å². The Morgan fingerprint density at radius 3 is 2.43 bits per heavy atom. The molecule has 2 aromatic rings. The number of rotatable bonds is 10. The normalized spacial score (nSPS) is 12.4. The third kappa shape index (κ3) is 6.29. The highest BCUT2D eigenvalue weighted by molar-refractivity contribution is 7.89. The second-order valence-corrected chi connectivity index (χ2v) is 7.63. The Labute approximate surface area is 163 Å². The minimum Gasteiger partial charge on any atom is -0.487 e. The monoisotopic (exact) mass is 411 g/mol. The molecule has 9 heteroatoms. The first kappa shape index (κ1) is 21.8. The van der Waals surface area contributed by atoms with Gasteiger partial charge in [0.05, 0.1) is 17.1 Å². The topological polar surface area (TPSA) is 90.9 Å². The number of benzene rings is 2. The van der Waals surface area contributed by atoms with E-state index >= 15 is 0 Å². The van der Waals surface area contributed by atoms with E-state index in [1.807, 2.05) is 0 Å². The van der Waals surface area contributed by atoms with Gasteiger partial charge in [0.1, 0.15) is 13.2 Å². The van der Waals surface area contributed by atoms with E-state index in [0.717, 1.165) is 0 Å². The zero-order valence-corrected chi connectivity index (χ0v) is 16.4. The number of carbonyl (C=O) groups is 1. The second-order valence-electron chi connectivity index (χ2n) is 5.92. The molecule has 28 heavy (non-hydrogen) atoms. The van der Waals surface area contributed by atoms with Gasteiger partial charge in [0, 0.05) is 13.2 Å². The largest absolute Gasteiger partial charge is 0.487 e. The molecule has 1 N–H and O–H groups in total. The van der Waals surface area contributed by atoms with Crippen molar-refractivity contribution in [1.29, 1.82) is 0 Å². The van der Waals surface area contributed by atoms with E-state index in [9.17, 15) is 17.6 Å². The molecule has 0 unspecified atom stereocenters. The zero-order valence-electron chi connectivity index (χ0n) is 15.6. The molecule has 0 radical (unpaired) electrons. The van der Waals surface area contributed by atoms with Crippen LogP contribution in [0.4, 0.5) is 4.39 Å². The zero-order chi connectivity index (χ0) is 20.6. The van der Waals surface area contributed by atoms with Crippen molar-refractivity contribution in [2.24, 2.45) is 0 Å². The SMILES string of the molecule is COC[C@H](C)NS(=O)(=O)c1ccc(C(=O)OCCOc2ccccc2F)cc1. The maximum Gasteiger partial charge on any atom is 0.338 e. The minimum atomic E-state index is -3.72. The minimum absolute atomic E-state index is 0.0134. The quantitative estimate of drug-likeness (QED) is 0.477. The van der Waals surface area contributed by atoms with Crippen LogP contribution < -0.4 is 9.46 Å². The average molecular weight is 411 g/mol. The predicted molar refractivity (Wildman–Crippen MR) is 100 cm³/mol. The number of esters is 1. The van der Waals surface area contributed by atoms with E-state index in [1.54, 1.807) is 19.1 Å². The van der Waals surface area contributed by atoms with Gasteiger partial charge in [-0.2, -0.15) is 0 Å².